The van der Waals surface area contributed by atoms with Gasteiger partial charge in [0.1, 0.15) is 0 Å². The summed E-state index contributed by atoms with van der Waals surface area (Å²) >= 11 is 1.71. The molecule has 0 saturated carbocycles. The standard InChI is InChI=1S/C38H26O2S/c39-37(31-7-3-1-4-8-31)33-15-11-27(12-16-33)29-19-23-35(24-20-29)41-36-25-21-30(22-26-36)28-13-17-34(18-14-28)38(40)32-9-5-2-6-10-32/h1-26H. The fourth-order valence-electron chi connectivity index (χ4n) is 4.71. The van der Waals surface area contributed by atoms with Crippen molar-refractivity contribution in [3.8, 4) is 22.3 Å². The summed E-state index contributed by atoms with van der Waals surface area (Å²) in [5.74, 6) is 0.0650. The summed E-state index contributed by atoms with van der Waals surface area (Å²) in [5, 5.41) is 0. The first-order valence-corrected chi connectivity index (χ1v) is 14.2. The topological polar surface area (TPSA) is 34.1 Å². The van der Waals surface area contributed by atoms with Gasteiger partial charge in [-0.3, -0.25) is 9.59 Å². The minimum absolute atomic E-state index is 0.0325. The SMILES string of the molecule is O=C(c1ccccc1)c1ccc(-c2ccc(Sc3ccc(-c4ccc(C(=O)c5ccccc5)cc4)cc3)cc2)cc1. The summed E-state index contributed by atoms with van der Waals surface area (Å²) in [5.41, 5.74) is 7.14. The molecule has 0 aromatic heterocycles. The zero-order valence-electron chi connectivity index (χ0n) is 22.2. The molecule has 0 aliphatic heterocycles. The largest absolute Gasteiger partial charge is 0.289 e. The molecule has 0 atom stereocenters. The van der Waals surface area contributed by atoms with Gasteiger partial charge >= 0.3 is 0 Å². The number of rotatable bonds is 8. The van der Waals surface area contributed by atoms with Gasteiger partial charge in [-0.2, -0.15) is 0 Å². The summed E-state index contributed by atoms with van der Waals surface area (Å²) in [6, 6.07) is 51.2. The Bertz CT molecular complexity index is 1640. The van der Waals surface area contributed by atoms with Gasteiger partial charge in [0.05, 0.1) is 0 Å². The van der Waals surface area contributed by atoms with Gasteiger partial charge in [-0.05, 0) is 46.5 Å². The van der Waals surface area contributed by atoms with Crippen molar-refractivity contribution in [2.75, 3.05) is 0 Å². The Kier molecular flexibility index (Phi) is 7.70. The van der Waals surface area contributed by atoms with Crippen molar-refractivity contribution in [2.45, 2.75) is 9.79 Å². The van der Waals surface area contributed by atoms with Crippen LogP contribution < -0.4 is 0 Å². The Hall–Kier alpha value is -4.99. The van der Waals surface area contributed by atoms with Gasteiger partial charge in [0, 0.05) is 32.0 Å². The van der Waals surface area contributed by atoms with Crippen LogP contribution in [0.5, 0.6) is 0 Å². The van der Waals surface area contributed by atoms with Crippen LogP contribution in [0.15, 0.2) is 168 Å². The summed E-state index contributed by atoms with van der Waals surface area (Å²) in [6.07, 6.45) is 0. The lowest BCUT2D eigenvalue weighted by Gasteiger charge is -2.08. The molecule has 6 aromatic rings. The van der Waals surface area contributed by atoms with Crippen LogP contribution in [0.25, 0.3) is 22.3 Å². The van der Waals surface area contributed by atoms with Crippen LogP contribution in [0.4, 0.5) is 0 Å². The second kappa shape index (κ2) is 12.0. The molecule has 6 rings (SSSR count). The van der Waals surface area contributed by atoms with Crippen molar-refractivity contribution >= 4 is 23.3 Å². The van der Waals surface area contributed by atoms with Gasteiger partial charge in [-0.1, -0.05) is 145 Å². The molecule has 0 unspecified atom stereocenters. The summed E-state index contributed by atoms with van der Waals surface area (Å²) in [6.45, 7) is 0. The van der Waals surface area contributed by atoms with E-state index in [1.807, 2.05) is 109 Å². The molecule has 0 aliphatic carbocycles. The molecule has 0 heterocycles. The van der Waals surface area contributed by atoms with Gasteiger partial charge in [0.15, 0.2) is 11.6 Å². The first kappa shape index (κ1) is 26.2. The molecule has 2 nitrogen and oxygen atoms in total. The third kappa shape index (κ3) is 6.11. The van der Waals surface area contributed by atoms with E-state index in [1.54, 1.807) is 11.8 Å². The Morgan fingerprint density at radius 3 is 0.902 bits per heavy atom. The van der Waals surface area contributed by atoms with E-state index < -0.39 is 0 Å². The van der Waals surface area contributed by atoms with E-state index in [2.05, 4.69) is 48.5 Å². The molecule has 0 amide bonds. The highest BCUT2D eigenvalue weighted by molar-refractivity contribution is 7.99. The summed E-state index contributed by atoms with van der Waals surface area (Å²) < 4.78 is 0. The number of carbonyl (C=O) groups is 2. The quantitative estimate of drug-likeness (QED) is 0.178. The van der Waals surface area contributed by atoms with Crippen molar-refractivity contribution in [3.63, 3.8) is 0 Å². The lowest BCUT2D eigenvalue weighted by Crippen LogP contribution is -2.00. The zero-order chi connectivity index (χ0) is 28.0. The van der Waals surface area contributed by atoms with Crippen molar-refractivity contribution in [1.29, 1.82) is 0 Å². The lowest BCUT2D eigenvalue weighted by molar-refractivity contribution is 0.103. The monoisotopic (exact) mass is 546 g/mol. The average Bonchev–Trinajstić information content (AvgIpc) is 3.06. The predicted octanol–water partition coefficient (Wildman–Crippen LogP) is 9.63. The predicted molar refractivity (Wildman–Crippen MR) is 168 cm³/mol. The fourth-order valence-corrected chi connectivity index (χ4v) is 5.52. The molecule has 0 aliphatic rings. The number of benzene rings is 6. The second-order valence-electron chi connectivity index (χ2n) is 9.70. The van der Waals surface area contributed by atoms with Crippen LogP contribution >= 0.6 is 11.8 Å². The minimum Gasteiger partial charge on any atom is -0.289 e. The van der Waals surface area contributed by atoms with E-state index in [0.29, 0.717) is 22.3 Å². The van der Waals surface area contributed by atoms with Gasteiger partial charge in [0.2, 0.25) is 0 Å². The van der Waals surface area contributed by atoms with Crippen molar-refractivity contribution in [2.24, 2.45) is 0 Å². The fraction of sp³-hybridized carbons (Fsp3) is 0. The van der Waals surface area contributed by atoms with Gasteiger partial charge in [-0.15, -0.1) is 0 Å². The molecular formula is C38H26O2S. The van der Waals surface area contributed by atoms with Crippen molar-refractivity contribution < 1.29 is 9.59 Å². The molecule has 3 heteroatoms. The molecule has 0 N–H and O–H groups in total. The highest BCUT2D eigenvalue weighted by Crippen LogP contribution is 2.32. The number of carbonyl (C=O) groups excluding carboxylic acids is 2. The normalized spacial score (nSPS) is 10.7. The number of hydrogen-bond donors (Lipinski definition) is 0. The smallest absolute Gasteiger partial charge is 0.193 e. The second-order valence-corrected chi connectivity index (χ2v) is 10.8. The molecular weight excluding hydrogens is 520 g/mol. The van der Waals surface area contributed by atoms with E-state index in [-0.39, 0.29) is 11.6 Å². The maximum absolute atomic E-state index is 12.7. The van der Waals surface area contributed by atoms with Crippen LogP contribution in [-0.2, 0) is 0 Å². The molecule has 0 bridgehead atoms. The van der Waals surface area contributed by atoms with E-state index in [4.69, 9.17) is 0 Å². The Morgan fingerprint density at radius 2 is 0.585 bits per heavy atom. The number of hydrogen-bond acceptors (Lipinski definition) is 3. The number of ketones is 2. The van der Waals surface area contributed by atoms with E-state index in [0.717, 1.165) is 32.0 Å². The third-order valence-electron chi connectivity index (χ3n) is 6.98. The van der Waals surface area contributed by atoms with E-state index in [9.17, 15) is 9.59 Å². The van der Waals surface area contributed by atoms with Gasteiger partial charge < -0.3 is 0 Å². The van der Waals surface area contributed by atoms with E-state index in [1.165, 1.54) is 0 Å². The van der Waals surface area contributed by atoms with E-state index >= 15 is 0 Å². The highest BCUT2D eigenvalue weighted by atomic mass is 32.2. The molecule has 6 aromatic carbocycles. The molecule has 0 fully saturated rings. The van der Waals surface area contributed by atoms with Crippen molar-refractivity contribution in [1.82, 2.24) is 0 Å². The Labute approximate surface area is 244 Å². The van der Waals surface area contributed by atoms with Crippen LogP contribution in [0, 0.1) is 0 Å². The Morgan fingerprint density at radius 1 is 0.317 bits per heavy atom. The minimum atomic E-state index is 0.0325. The zero-order valence-corrected chi connectivity index (χ0v) is 23.1. The first-order valence-electron chi connectivity index (χ1n) is 13.4. The molecule has 196 valence electrons. The first-order chi connectivity index (χ1) is 20.1. The molecule has 41 heavy (non-hydrogen) atoms. The van der Waals surface area contributed by atoms with Crippen LogP contribution in [-0.4, -0.2) is 11.6 Å². The summed E-state index contributed by atoms with van der Waals surface area (Å²) in [4.78, 5) is 27.7. The maximum atomic E-state index is 12.7. The van der Waals surface area contributed by atoms with Crippen LogP contribution in [0.3, 0.4) is 0 Å². The van der Waals surface area contributed by atoms with Crippen molar-refractivity contribution in [3.05, 3.63) is 180 Å². The van der Waals surface area contributed by atoms with Gasteiger partial charge in [0.25, 0.3) is 0 Å². The third-order valence-corrected chi connectivity index (χ3v) is 7.99. The average molecular weight is 547 g/mol. The molecule has 0 spiro atoms. The van der Waals surface area contributed by atoms with Crippen LogP contribution in [0.1, 0.15) is 31.8 Å². The maximum Gasteiger partial charge on any atom is 0.193 e. The molecule has 0 saturated heterocycles. The lowest BCUT2D eigenvalue weighted by atomic mass is 9.99. The highest BCUT2D eigenvalue weighted by Gasteiger charge is 2.10. The summed E-state index contributed by atoms with van der Waals surface area (Å²) in [7, 11) is 0. The Balaban J connectivity index is 1.09. The van der Waals surface area contributed by atoms with Crippen LogP contribution in [0.2, 0.25) is 0 Å². The van der Waals surface area contributed by atoms with Gasteiger partial charge in [-0.25, -0.2) is 0 Å². The molecule has 0 radical (unpaired) electrons.